The van der Waals surface area contributed by atoms with Crippen molar-refractivity contribution in [3.63, 3.8) is 0 Å². The van der Waals surface area contributed by atoms with E-state index in [2.05, 4.69) is 0 Å². The second kappa shape index (κ2) is 7.30. The van der Waals surface area contributed by atoms with Gasteiger partial charge in [-0.1, -0.05) is 0 Å². The Labute approximate surface area is 122 Å². The topological polar surface area (TPSA) is 129 Å². The van der Waals surface area contributed by atoms with Crippen LogP contribution in [0.15, 0.2) is 0 Å². The zero-order valence-electron chi connectivity index (χ0n) is 11.9. The van der Waals surface area contributed by atoms with Crippen molar-refractivity contribution < 1.29 is 39.7 Å². The van der Waals surface area contributed by atoms with Crippen LogP contribution in [-0.2, 0) is 14.2 Å². The fourth-order valence-electron chi connectivity index (χ4n) is 2.68. The van der Waals surface area contributed by atoms with Crippen LogP contribution >= 0.6 is 0 Å². The van der Waals surface area contributed by atoms with E-state index in [-0.39, 0.29) is 19.1 Å². The predicted octanol–water partition coefficient (Wildman–Crippen LogP) is -2.27. The van der Waals surface area contributed by atoms with Crippen LogP contribution in [0.3, 0.4) is 0 Å². The SMILES string of the molecule is CC1CC(O)C(O)C(COC2CC(O)C(O)C(CO)O2)O1. The normalized spacial score (nSPS) is 48.3. The molecule has 2 heterocycles. The molecule has 2 rings (SSSR count). The molecule has 0 aromatic heterocycles. The second-order valence-corrected chi connectivity index (χ2v) is 5.69. The molecule has 0 aromatic carbocycles. The number of aliphatic hydroxyl groups is 5. The molecule has 0 aromatic rings. The highest BCUT2D eigenvalue weighted by molar-refractivity contribution is 4.85. The average molecular weight is 308 g/mol. The summed E-state index contributed by atoms with van der Waals surface area (Å²) in [5.41, 5.74) is 0. The summed E-state index contributed by atoms with van der Waals surface area (Å²) in [5, 5.41) is 47.9. The lowest BCUT2D eigenvalue weighted by Crippen LogP contribution is -2.53. The Morgan fingerprint density at radius 2 is 1.57 bits per heavy atom. The Balaban J connectivity index is 1.84. The van der Waals surface area contributed by atoms with Gasteiger partial charge >= 0.3 is 0 Å². The maximum atomic E-state index is 9.85. The number of hydrogen-bond acceptors (Lipinski definition) is 8. The molecule has 0 saturated carbocycles. The van der Waals surface area contributed by atoms with Crippen LogP contribution < -0.4 is 0 Å². The molecule has 5 N–H and O–H groups in total. The van der Waals surface area contributed by atoms with Gasteiger partial charge in [0, 0.05) is 12.8 Å². The molecule has 2 saturated heterocycles. The van der Waals surface area contributed by atoms with Crippen LogP contribution in [0.25, 0.3) is 0 Å². The third-order valence-corrected chi connectivity index (χ3v) is 3.92. The van der Waals surface area contributed by atoms with Crippen LogP contribution in [0.5, 0.6) is 0 Å². The Morgan fingerprint density at radius 3 is 2.24 bits per heavy atom. The maximum absolute atomic E-state index is 9.85. The summed E-state index contributed by atoms with van der Waals surface area (Å²) >= 11 is 0. The van der Waals surface area contributed by atoms with E-state index in [4.69, 9.17) is 19.3 Å². The van der Waals surface area contributed by atoms with Crippen molar-refractivity contribution in [2.45, 2.75) is 68.8 Å². The molecule has 21 heavy (non-hydrogen) atoms. The van der Waals surface area contributed by atoms with Gasteiger partial charge in [0.1, 0.15) is 24.4 Å². The van der Waals surface area contributed by atoms with Gasteiger partial charge in [-0.05, 0) is 6.92 Å². The minimum atomic E-state index is -1.16. The van der Waals surface area contributed by atoms with Crippen molar-refractivity contribution in [2.75, 3.05) is 13.2 Å². The molecule has 124 valence electrons. The van der Waals surface area contributed by atoms with Crippen LogP contribution in [0.2, 0.25) is 0 Å². The molecule has 8 nitrogen and oxygen atoms in total. The molecule has 0 amide bonds. The van der Waals surface area contributed by atoms with Crippen molar-refractivity contribution in [1.29, 1.82) is 0 Å². The highest BCUT2D eigenvalue weighted by Crippen LogP contribution is 2.24. The Morgan fingerprint density at radius 1 is 0.952 bits per heavy atom. The summed E-state index contributed by atoms with van der Waals surface area (Å²) in [7, 11) is 0. The van der Waals surface area contributed by atoms with Gasteiger partial charge in [-0.15, -0.1) is 0 Å². The monoisotopic (exact) mass is 308 g/mol. The molecule has 0 bridgehead atoms. The quantitative estimate of drug-likeness (QED) is 0.393. The van der Waals surface area contributed by atoms with Gasteiger partial charge in [-0.3, -0.25) is 0 Å². The first kappa shape index (κ1) is 17.0. The molecule has 8 atom stereocenters. The Kier molecular flexibility index (Phi) is 5.92. The van der Waals surface area contributed by atoms with E-state index in [1.807, 2.05) is 0 Å². The lowest BCUT2D eigenvalue weighted by molar-refractivity contribution is -0.272. The Bertz CT molecular complexity index is 327. The first-order valence-corrected chi connectivity index (χ1v) is 7.18. The molecule has 2 aliphatic rings. The fourth-order valence-corrected chi connectivity index (χ4v) is 2.68. The number of ether oxygens (including phenoxy) is 3. The molecule has 0 aliphatic carbocycles. The van der Waals surface area contributed by atoms with Gasteiger partial charge in [0.05, 0.1) is 31.5 Å². The van der Waals surface area contributed by atoms with Crippen LogP contribution in [-0.4, -0.2) is 87.8 Å². The number of hydrogen-bond donors (Lipinski definition) is 5. The fraction of sp³-hybridized carbons (Fsp3) is 1.00. The largest absolute Gasteiger partial charge is 0.394 e. The first-order valence-electron chi connectivity index (χ1n) is 7.18. The van der Waals surface area contributed by atoms with Crippen molar-refractivity contribution in [2.24, 2.45) is 0 Å². The maximum Gasteiger partial charge on any atom is 0.160 e. The summed E-state index contributed by atoms with van der Waals surface area (Å²) in [6.07, 6.45) is -6.33. The summed E-state index contributed by atoms with van der Waals surface area (Å²) in [4.78, 5) is 0. The van der Waals surface area contributed by atoms with Crippen molar-refractivity contribution in [3.05, 3.63) is 0 Å². The molecule has 2 aliphatic heterocycles. The highest BCUT2D eigenvalue weighted by atomic mass is 16.7. The number of rotatable bonds is 4. The summed E-state index contributed by atoms with van der Waals surface area (Å²) in [6, 6.07) is 0. The lowest BCUT2D eigenvalue weighted by Gasteiger charge is -2.39. The van der Waals surface area contributed by atoms with Gasteiger partial charge in [-0.25, -0.2) is 0 Å². The molecule has 0 radical (unpaired) electrons. The van der Waals surface area contributed by atoms with E-state index in [0.717, 1.165) is 0 Å². The van der Waals surface area contributed by atoms with Gasteiger partial charge < -0.3 is 39.7 Å². The molecule has 8 heteroatoms. The second-order valence-electron chi connectivity index (χ2n) is 5.69. The van der Waals surface area contributed by atoms with E-state index >= 15 is 0 Å². The van der Waals surface area contributed by atoms with Crippen molar-refractivity contribution >= 4 is 0 Å². The minimum absolute atomic E-state index is 0.0196. The predicted molar refractivity (Wildman–Crippen MR) is 69.3 cm³/mol. The van der Waals surface area contributed by atoms with Gasteiger partial charge in [0.15, 0.2) is 6.29 Å². The van der Waals surface area contributed by atoms with E-state index in [1.165, 1.54) is 0 Å². The van der Waals surface area contributed by atoms with E-state index in [1.54, 1.807) is 6.92 Å². The molecule has 0 spiro atoms. The van der Waals surface area contributed by atoms with E-state index < -0.39 is 49.5 Å². The lowest BCUT2D eigenvalue weighted by atomic mass is 9.99. The van der Waals surface area contributed by atoms with Gasteiger partial charge in [0.25, 0.3) is 0 Å². The zero-order valence-corrected chi connectivity index (χ0v) is 11.9. The third-order valence-electron chi connectivity index (χ3n) is 3.92. The average Bonchev–Trinajstić information content (AvgIpc) is 2.44. The van der Waals surface area contributed by atoms with Crippen LogP contribution in [0.1, 0.15) is 19.8 Å². The Hall–Kier alpha value is -0.320. The summed E-state index contributed by atoms with van der Waals surface area (Å²) in [5.74, 6) is 0. The van der Waals surface area contributed by atoms with Crippen molar-refractivity contribution in [3.8, 4) is 0 Å². The van der Waals surface area contributed by atoms with Crippen LogP contribution in [0, 0.1) is 0 Å². The molecule has 2 fully saturated rings. The summed E-state index contributed by atoms with van der Waals surface area (Å²) in [6.45, 7) is 1.34. The standard InChI is InChI=1S/C13H24O8/c1-6-2-7(15)13(18)10(20-6)5-19-11-3-8(16)12(17)9(4-14)21-11/h6-18H,2-5H2,1H3. The first-order chi connectivity index (χ1) is 9.92. The number of aliphatic hydroxyl groups excluding tert-OH is 5. The van der Waals surface area contributed by atoms with E-state index in [9.17, 15) is 20.4 Å². The van der Waals surface area contributed by atoms with Gasteiger partial charge in [-0.2, -0.15) is 0 Å². The smallest absolute Gasteiger partial charge is 0.160 e. The molecular weight excluding hydrogens is 284 g/mol. The van der Waals surface area contributed by atoms with E-state index in [0.29, 0.717) is 6.42 Å². The highest BCUT2D eigenvalue weighted by Gasteiger charge is 2.39. The minimum Gasteiger partial charge on any atom is -0.394 e. The molecule has 8 unspecified atom stereocenters. The summed E-state index contributed by atoms with van der Waals surface area (Å²) < 4.78 is 16.3. The third kappa shape index (κ3) is 4.11. The van der Waals surface area contributed by atoms with Crippen LogP contribution in [0.4, 0.5) is 0 Å². The van der Waals surface area contributed by atoms with Crippen molar-refractivity contribution in [1.82, 2.24) is 0 Å². The van der Waals surface area contributed by atoms with Gasteiger partial charge in [0.2, 0.25) is 0 Å². The molecular formula is C13H24O8. The zero-order chi connectivity index (χ0) is 15.6.